The van der Waals surface area contributed by atoms with Gasteiger partial charge in [-0.15, -0.1) is 0 Å². The van der Waals surface area contributed by atoms with Crippen LogP contribution in [0.4, 0.5) is 0 Å². The molecule has 15 heavy (non-hydrogen) atoms. The summed E-state index contributed by atoms with van der Waals surface area (Å²) in [6, 6.07) is 0. The maximum absolute atomic E-state index is 10.7. The molecule has 1 aliphatic heterocycles. The highest BCUT2D eigenvalue weighted by Crippen LogP contribution is 2.21. The zero-order chi connectivity index (χ0) is 11.6. The number of rotatable bonds is 3. The number of ether oxygens (including phenoxy) is 2. The van der Waals surface area contributed by atoms with E-state index in [-0.39, 0.29) is 0 Å². The summed E-state index contributed by atoms with van der Waals surface area (Å²) >= 11 is 0. The van der Waals surface area contributed by atoms with Gasteiger partial charge in [-0.3, -0.25) is 4.79 Å². The van der Waals surface area contributed by atoms with Gasteiger partial charge in [0.1, 0.15) is 12.7 Å². The summed E-state index contributed by atoms with van der Waals surface area (Å²) in [5, 5.41) is 27.4. The van der Waals surface area contributed by atoms with Gasteiger partial charge < -0.3 is 24.8 Å². The molecule has 0 aromatic heterocycles. The lowest BCUT2D eigenvalue weighted by molar-refractivity contribution is -0.153. The van der Waals surface area contributed by atoms with Crippen LogP contribution in [0.25, 0.3) is 0 Å². The minimum Gasteiger partial charge on any atom is -0.505 e. The van der Waals surface area contributed by atoms with E-state index in [0.29, 0.717) is 0 Å². The SMILES string of the molecule is CC(=O)OC[C@@H](O)[C@H]1OC(=O)C(O)=C1O. The lowest BCUT2D eigenvalue weighted by Crippen LogP contribution is -2.33. The molecule has 7 heteroatoms. The van der Waals surface area contributed by atoms with Gasteiger partial charge in [-0.05, 0) is 0 Å². The molecule has 1 aliphatic rings. The number of aliphatic hydroxyl groups is 3. The van der Waals surface area contributed by atoms with Crippen LogP contribution < -0.4 is 0 Å². The zero-order valence-electron chi connectivity index (χ0n) is 7.84. The first-order valence-electron chi connectivity index (χ1n) is 4.08. The Labute approximate surface area is 84.5 Å². The Hall–Kier alpha value is -1.76. The summed E-state index contributed by atoms with van der Waals surface area (Å²) < 4.78 is 8.86. The molecule has 1 rings (SSSR count). The number of esters is 2. The Morgan fingerprint density at radius 1 is 1.60 bits per heavy atom. The summed E-state index contributed by atoms with van der Waals surface area (Å²) in [4.78, 5) is 21.1. The minimum atomic E-state index is -1.41. The van der Waals surface area contributed by atoms with Gasteiger partial charge in [0, 0.05) is 6.92 Å². The van der Waals surface area contributed by atoms with E-state index in [0.717, 1.165) is 6.92 Å². The highest BCUT2D eigenvalue weighted by atomic mass is 16.6. The predicted molar refractivity (Wildman–Crippen MR) is 44.8 cm³/mol. The number of hydrogen-bond donors (Lipinski definition) is 3. The third-order valence-electron chi connectivity index (χ3n) is 1.75. The normalized spacial score (nSPS) is 22.5. The quantitative estimate of drug-likeness (QED) is 0.529. The van der Waals surface area contributed by atoms with Gasteiger partial charge in [0.2, 0.25) is 5.76 Å². The van der Waals surface area contributed by atoms with Crippen LogP contribution in [-0.2, 0) is 19.1 Å². The second kappa shape index (κ2) is 4.18. The first-order chi connectivity index (χ1) is 6.93. The van der Waals surface area contributed by atoms with Crippen molar-refractivity contribution in [1.82, 2.24) is 0 Å². The number of carbonyl (C=O) groups is 2. The van der Waals surface area contributed by atoms with Crippen molar-refractivity contribution >= 4 is 11.9 Å². The van der Waals surface area contributed by atoms with Crippen molar-refractivity contribution in [2.75, 3.05) is 6.61 Å². The standard InChI is InChI=1S/C8H10O7/c1-3(9)14-2-4(10)7-5(11)6(12)8(13)15-7/h4,7,10-12H,2H2,1H3/t4-,7-/m1/s1. The largest absolute Gasteiger partial charge is 0.505 e. The summed E-state index contributed by atoms with van der Waals surface area (Å²) in [6.07, 6.45) is -2.81. The monoisotopic (exact) mass is 218 g/mol. The van der Waals surface area contributed by atoms with Crippen LogP contribution in [0, 0.1) is 0 Å². The van der Waals surface area contributed by atoms with E-state index in [4.69, 9.17) is 10.2 Å². The molecule has 7 nitrogen and oxygen atoms in total. The van der Waals surface area contributed by atoms with Crippen LogP contribution in [-0.4, -0.2) is 46.1 Å². The fraction of sp³-hybridized carbons (Fsp3) is 0.500. The third kappa shape index (κ3) is 2.38. The van der Waals surface area contributed by atoms with Gasteiger partial charge in [-0.25, -0.2) is 4.79 Å². The lowest BCUT2D eigenvalue weighted by atomic mass is 10.2. The molecular weight excluding hydrogens is 208 g/mol. The average Bonchev–Trinajstić information content (AvgIpc) is 2.42. The highest BCUT2D eigenvalue weighted by Gasteiger charge is 2.39. The van der Waals surface area contributed by atoms with Crippen molar-refractivity contribution in [1.29, 1.82) is 0 Å². The van der Waals surface area contributed by atoms with Crippen molar-refractivity contribution in [3.8, 4) is 0 Å². The highest BCUT2D eigenvalue weighted by molar-refractivity contribution is 5.89. The van der Waals surface area contributed by atoms with E-state index in [1.165, 1.54) is 0 Å². The lowest BCUT2D eigenvalue weighted by Gasteiger charge is -2.16. The molecule has 0 spiro atoms. The Morgan fingerprint density at radius 3 is 2.60 bits per heavy atom. The van der Waals surface area contributed by atoms with Crippen LogP contribution in [0.3, 0.4) is 0 Å². The van der Waals surface area contributed by atoms with Crippen LogP contribution >= 0.6 is 0 Å². The molecule has 0 radical (unpaired) electrons. The molecule has 0 aromatic carbocycles. The topological polar surface area (TPSA) is 113 Å². The van der Waals surface area contributed by atoms with Gasteiger partial charge in [0.15, 0.2) is 11.9 Å². The number of cyclic esters (lactones) is 1. The summed E-state index contributed by atoms with van der Waals surface area (Å²) in [5.74, 6) is -3.45. The molecule has 1 heterocycles. The van der Waals surface area contributed by atoms with Gasteiger partial charge >= 0.3 is 11.9 Å². The van der Waals surface area contributed by atoms with Crippen molar-refractivity contribution in [2.24, 2.45) is 0 Å². The molecule has 0 saturated heterocycles. The molecule has 0 fully saturated rings. The smallest absolute Gasteiger partial charge is 0.377 e. The Bertz CT molecular complexity index is 319. The van der Waals surface area contributed by atoms with E-state index < -0.39 is 42.3 Å². The van der Waals surface area contributed by atoms with E-state index in [9.17, 15) is 14.7 Å². The maximum atomic E-state index is 10.7. The zero-order valence-corrected chi connectivity index (χ0v) is 7.84. The van der Waals surface area contributed by atoms with E-state index >= 15 is 0 Å². The molecule has 0 aliphatic carbocycles. The summed E-state index contributed by atoms with van der Waals surface area (Å²) in [5.41, 5.74) is 0. The number of aliphatic hydroxyl groups excluding tert-OH is 3. The Morgan fingerprint density at radius 2 is 2.20 bits per heavy atom. The Kier molecular flexibility index (Phi) is 3.15. The Balaban J connectivity index is 2.59. The first-order valence-corrected chi connectivity index (χ1v) is 4.08. The molecule has 2 atom stereocenters. The first kappa shape index (κ1) is 11.3. The number of carbonyl (C=O) groups excluding carboxylic acids is 2. The molecular formula is C8H10O7. The van der Waals surface area contributed by atoms with Gasteiger partial charge in [-0.2, -0.15) is 0 Å². The minimum absolute atomic E-state index is 0.440. The summed E-state index contributed by atoms with van der Waals surface area (Å²) in [7, 11) is 0. The third-order valence-corrected chi connectivity index (χ3v) is 1.75. The van der Waals surface area contributed by atoms with Crippen molar-refractivity contribution in [3.63, 3.8) is 0 Å². The average molecular weight is 218 g/mol. The fourth-order valence-electron chi connectivity index (χ4n) is 1.02. The molecule has 0 saturated carbocycles. The van der Waals surface area contributed by atoms with Crippen molar-refractivity contribution in [3.05, 3.63) is 11.5 Å². The van der Waals surface area contributed by atoms with E-state index in [1.807, 2.05) is 0 Å². The predicted octanol–water partition coefficient (Wildman–Crippen LogP) is -0.837. The van der Waals surface area contributed by atoms with Crippen LogP contribution in [0.1, 0.15) is 6.92 Å². The van der Waals surface area contributed by atoms with Gasteiger partial charge in [0.05, 0.1) is 0 Å². The molecule has 3 N–H and O–H groups in total. The van der Waals surface area contributed by atoms with Crippen LogP contribution in [0.5, 0.6) is 0 Å². The number of hydrogen-bond acceptors (Lipinski definition) is 7. The molecule has 0 aromatic rings. The summed E-state index contributed by atoms with van der Waals surface area (Å²) in [6.45, 7) is 0.700. The van der Waals surface area contributed by atoms with Gasteiger partial charge in [-0.1, -0.05) is 0 Å². The van der Waals surface area contributed by atoms with Crippen molar-refractivity contribution < 1.29 is 34.4 Å². The van der Waals surface area contributed by atoms with Crippen LogP contribution in [0.2, 0.25) is 0 Å². The van der Waals surface area contributed by atoms with Crippen LogP contribution in [0.15, 0.2) is 11.5 Å². The fourth-order valence-corrected chi connectivity index (χ4v) is 1.02. The molecule has 0 unspecified atom stereocenters. The maximum Gasteiger partial charge on any atom is 0.377 e. The second-order valence-electron chi connectivity index (χ2n) is 2.93. The molecule has 0 bridgehead atoms. The van der Waals surface area contributed by atoms with E-state index in [1.54, 1.807) is 0 Å². The van der Waals surface area contributed by atoms with Crippen molar-refractivity contribution in [2.45, 2.75) is 19.1 Å². The second-order valence-corrected chi connectivity index (χ2v) is 2.93. The van der Waals surface area contributed by atoms with Gasteiger partial charge in [0.25, 0.3) is 0 Å². The molecule has 84 valence electrons. The van der Waals surface area contributed by atoms with E-state index in [2.05, 4.69) is 9.47 Å². The molecule has 0 amide bonds.